The molecule has 1 aromatic rings. The predicted octanol–water partition coefficient (Wildman–Crippen LogP) is 5.80. The summed E-state index contributed by atoms with van der Waals surface area (Å²) < 4.78 is 6.18. The zero-order chi connectivity index (χ0) is 18.1. The molecular weight excluding hydrogens is 336 g/mol. The van der Waals surface area contributed by atoms with Gasteiger partial charge in [0.1, 0.15) is 12.4 Å². The lowest BCUT2D eigenvalue weighted by Gasteiger charge is -2.39. The fourth-order valence-corrected chi connectivity index (χ4v) is 6.41. The third-order valence-corrected chi connectivity index (χ3v) is 11.9. The molecule has 0 aliphatic heterocycles. The smallest absolute Gasteiger partial charge is 0.154 e. The third kappa shape index (κ3) is 5.23. The largest absolute Gasteiger partial charge is 0.489 e. The van der Waals surface area contributed by atoms with Crippen LogP contribution in [0.15, 0.2) is 24.8 Å². The lowest BCUT2D eigenvalue weighted by Crippen LogP contribution is -2.50. The number of aryl methyl sites for hydroxylation is 1. The van der Waals surface area contributed by atoms with E-state index in [4.69, 9.17) is 15.8 Å². The van der Waals surface area contributed by atoms with E-state index in [1.807, 2.05) is 6.08 Å². The molecular formula is C19H33ClOSi2. The van der Waals surface area contributed by atoms with Crippen molar-refractivity contribution in [3.05, 3.63) is 35.9 Å². The van der Waals surface area contributed by atoms with E-state index in [9.17, 15) is 0 Å². The van der Waals surface area contributed by atoms with E-state index < -0.39 is 15.5 Å². The molecule has 0 unspecified atom stereocenters. The van der Waals surface area contributed by atoms with E-state index in [1.54, 1.807) is 0 Å². The van der Waals surface area contributed by atoms with E-state index in [2.05, 4.69) is 72.6 Å². The molecule has 0 saturated carbocycles. The van der Waals surface area contributed by atoms with Gasteiger partial charge in [0.2, 0.25) is 0 Å². The Kier molecular flexibility index (Phi) is 6.39. The number of halogens is 1. The van der Waals surface area contributed by atoms with Crippen LogP contribution in [0.1, 0.15) is 31.9 Å². The molecule has 1 rings (SSSR count). The van der Waals surface area contributed by atoms with Crippen LogP contribution in [0, 0.1) is 6.92 Å². The van der Waals surface area contributed by atoms with Crippen molar-refractivity contribution in [1.82, 2.24) is 0 Å². The SMILES string of the molecule is C=CCOc1c(C[Si](C)(C)Cl)cc(C)cc1[Si](C)(C)C(C)(C)C. The van der Waals surface area contributed by atoms with E-state index in [1.165, 1.54) is 16.3 Å². The van der Waals surface area contributed by atoms with Crippen LogP contribution in [0.25, 0.3) is 0 Å². The van der Waals surface area contributed by atoms with Crippen LogP contribution in [0.2, 0.25) is 31.2 Å². The lowest BCUT2D eigenvalue weighted by atomic mass is 10.1. The fourth-order valence-electron chi connectivity index (χ4n) is 2.61. The van der Waals surface area contributed by atoms with Gasteiger partial charge in [0, 0.05) is 0 Å². The number of rotatable bonds is 6. The molecule has 4 heteroatoms. The lowest BCUT2D eigenvalue weighted by molar-refractivity contribution is 0.362. The van der Waals surface area contributed by atoms with Crippen LogP contribution in [0.5, 0.6) is 5.75 Å². The highest BCUT2D eigenvalue weighted by molar-refractivity contribution is 7.18. The summed E-state index contributed by atoms with van der Waals surface area (Å²) in [4.78, 5) is 0. The van der Waals surface area contributed by atoms with Gasteiger partial charge >= 0.3 is 0 Å². The molecule has 0 radical (unpaired) electrons. The molecule has 130 valence electrons. The first-order valence-electron chi connectivity index (χ1n) is 8.36. The molecule has 0 heterocycles. The van der Waals surface area contributed by atoms with Crippen LogP contribution in [-0.2, 0) is 6.04 Å². The summed E-state index contributed by atoms with van der Waals surface area (Å²) in [6.07, 6.45) is 1.82. The molecule has 1 aromatic carbocycles. The van der Waals surface area contributed by atoms with Gasteiger partial charge in [-0.15, -0.1) is 0 Å². The standard InChI is InChI=1S/C19H33ClOSi2/c1-10-11-21-18-16(14-22(6,7)20)12-15(2)13-17(18)23(8,9)19(3,4)5/h10,12-13H,1,11,14H2,2-9H3. The van der Waals surface area contributed by atoms with Gasteiger partial charge in [0.05, 0.1) is 8.07 Å². The van der Waals surface area contributed by atoms with Crippen molar-refractivity contribution < 1.29 is 4.74 Å². The van der Waals surface area contributed by atoms with Gasteiger partial charge in [-0.1, -0.05) is 77.3 Å². The van der Waals surface area contributed by atoms with Crippen molar-refractivity contribution in [1.29, 1.82) is 0 Å². The van der Waals surface area contributed by atoms with Gasteiger partial charge in [-0.05, 0) is 28.8 Å². The molecule has 0 atom stereocenters. The molecule has 0 aliphatic carbocycles. The Morgan fingerprint density at radius 3 is 2.17 bits per heavy atom. The maximum atomic E-state index is 6.66. The first kappa shape index (κ1) is 20.5. The summed E-state index contributed by atoms with van der Waals surface area (Å²) in [5, 5.41) is 1.68. The van der Waals surface area contributed by atoms with E-state index in [-0.39, 0.29) is 5.04 Å². The topological polar surface area (TPSA) is 9.23 Å². The average Bonchev–Trinajstić information content (AvgIpc) is 2.33. The number of hydrogen-bond acceptors (Lipinski definition) is 1. The monoisotopic (exact) mass is 368 g/mol. The summed E-state index contributed by atoms with van der Waals surface area (Å²) in [7, 11) is -3.44. The quantitative estimate of drug-likeness (QED) is 0.350. The second-order valence-corrected chi connectivity index (χ2v) is 20.8. The van der Waals surface area contributed by atoms with Crippen LogP contribution in [0.3, 0.4) is 0 Å². The minimum atomic E-state index is -1.74. The Balaban J connectivity index is 3.58. The Morgan fingerprint density at radius 1 is 1.17 bits per heavy atom. The normalized spacial score (nSPS) is 13.1. The summed E-state index contributed by atoms with van der Waals surface area (Å²) in [5.41, 5.74) is 2.58. The summed E-state index contributed by atoms with van der Waals surface area (Å²) in [6.45, 7) is 22.8. The van der Waals surface area contributed by atoms with E-state index >= 15 is 0 Å². The molecule has 0 aliphatic rings. The van der Waals surface area contributed by atoms with Gasteiger partial charge in [0.15, 0.2) is 7.38 Å². The second kappa shape index (κ2) is 7.16. The average molecular weight is 369 g/mol. The Morgan fingerprint density at radius 2 is 1.74 bits per heavy atom. The highest BCUT2D eigenvalue weighted by Crippen LogP contribution is 2.39. The van der Waals surface area contributed by atoms with Crippen molar-refractivity contribution in [3.63, 3.8) is 0 Å². The van der Waals surface area contributed by atoms with Crippen molar-refractivity contribution in [2.75, 3.05) is 6.61 Å². The maximum Gasteiger partial charge on any atom is 0.154 e. The number of benzene rings is 1. The molecule has 0 fully saturated rings. The van der Waals surface area contributed by atoms with Gasteiger partial charge in [-0.25, -0.2) is 0 Å². The Hall–Kier alpha value is -0.516. The Labute approximate surface area is 149 Å². The van der Waals surface area contributed by atoms with E-state index in [0.717, 1.165) is 11.8 Å². The maximum absolute atomic E-state index is 6.66. The molecule has 0 aromatic heterocycles. The zero-order valence-electron chi connectivity index (χ0n) is 16.1. The summed E-state index contributed by atoms with van der Waals surface area (Å²) in [6, 6.07) is 5.53. The zero-order valence-corrected chi connectivity index (χ0v) is 18.9. The fraction of sp³-hybridized carbons (Fsp3) is 0.579. The van der Waals surface area contributed by atoms with Crippen LogP contribution < -0.4 is 9.92 Å². The van der Waals surface area contributed by atoms with Crippen molar-refractivity contribution in [2.24, 2.45) is 0 Å². The number of ether oxygens (including phenoxy) is 1. The summed E-state index contributed by atoms with van der Waals surface area (Å²) in [5.74, 6) is 1.07. The molecule has 1 nitrogen and oxygen atoms in total. The molecule has 0 bridgehead atoms. The highest BCUT2D eigenvalue weighted by atomic mass is 35.6. The van der Waals surface area contributed by atoms with Crippen LogP contribution >= 0.6 is 11.1 Å². The predicted molar refractivity (Wildman–Crippen MR) is 111 cm³/mol. The highest BCUT2D eigenvalue weighted by Gasteiger charge is 2.40. The van der Waals surface area contributed by atoms with Gasteiger partial charge < -0.3 is 4.74 Å². The first-order valence-corrected chi connectivity index (χ1v) is 15.6. The third-order valence-electron chi connectivity index (χ3n) is 4.81. The minimum absolute atomic E-state index is 0.262. The number of hydrogen-bond donors (Lipinski definition) is 0. The molecule has 0 amide bonds. The van der Waals surface area contributed by atoms with Crippen LogP contribution in [0.4, 0.5) is 0 Å². The van der Waals surface area contributed by atoms with Gasteiger partial charge in [-0.3, -0.25) is 0 Å². The van der Waals surface area contributed by atoms with Crippen molar-refractivity contribution >= 4 is 31.7 Å². The van der Waals surface area contributed by atoms with Crippen molar-refractivity contribution in [3.8, 4) is 5.75 Å². The van der Waals surface area contributed by atoms with Gasteiger partial charge in [-0.2, -0.15) is 11.1 Å². The molecule has 23 heavy (non-hydrogen) atoms. The molecule has 0 saturated heterocycles. The van der Waals surface area contributed by atoms with Gasteiger partial charge in [0.25, 0.3) is 0 Å². The Bertz CT molecular complexity index is 566. The first-order chi connectivity index (χ1) is 10.3. The van der Waals surface area contributed by atoms with Crippen LogP contribution in [-0.4, -0.2) is 22.1 Å². The van der Waals surface area contributed by atoms with E-state index in [0.29, 0.717) is 6.61 Å². The molecule has 0 N–H and O–H groups in total. The second-order valence-electron chi connectivity index (χ2n) is 8.67. The van der Waals surface area contributed by atoms with Crippen molar-refractivity contribution in [2.45, 2.75) is 65.0 Å². The minimum Gasteiger partial charge on any atom is -0.489 e. The summed E-state index contributed by atoms with van der Waals surface area (Å²) >= 11 is 6.66. The molecule has 0 spiro atoms.